The highest BCUT2D eigenvalue weighted by molar-refractivity contribution is 7.14. The van der Waals surface area contributed by atoms with Gasteiger partial charge in [0.2, 0.25) is 0 Å². The maximum Gasteiger partial charge on any atom is 0.0421 e. The van der Waals surface area contributed by atoms with Crippen LogP contribution in [0.1, 0.15) is 5.56 Å². The molecule has 0 fully saturated rings. The number of benzene rings is 2. The number of hydrogen-bond acceptors (Lipinski definition) is 1. The lowest BCUT2D eigenvalue weighted by molar-refractivity contribution is 1.48. The molecule has 0 aliphatic rings. The van der Waals surface area contributed by atoms with Crippen LogP contribution in [0.2, 0.25) is 0 Å². The molecule has 0 nitrogen and oxygen atoms in total. The molecule has 0 spiro atoms. The predicted octanol–water partition coefficient (Wildman–Crippen LogP) is 5.39. The van der Waals surface area contributed by atoms with Gasteiger partial charge in [0, 0.05) is 10.4 Å². The third kappa shape index (κ3) is 2.09. The van der Waals surface area contributed by atoms with Gasteiger partial charge in [-0.25, -0.2) is 0 Å². The van der Waals surface area contributed by atoms with Gasteiger partial charge < -0.3 is 0 Å². The molecule has 1 aromatic heterocycles. The molecule has 0 atom stereocenters. The van der Waals surface area contributed by atoms with Crippen LogP contribution in [-0.4, -0.2) is 0 Å². The predicted molar refractivity (Wildman–Crippen MR) is 79.9 cm³/mol. The maximum atomic E-state index is 2.20. The summed E-state index contributed by atoms with van der Waals surface area (Å²) in [5.74, 6) is 0. The fraction of sp³-hybridized carbons (Fsp3) is 0.0588. The molecule has 0 aliphatic heterocycles. The average Bonchev–Trinajstić information content (AvgIpc) is 2.90. The van der Waals surface area contributed by atoms with Crippen LogP contribution in [0, 0.1) is 6.92 Å². The van der Waals surface area contributed by atoms with E-state index in [1.807, 2.05) is 0 Å². The van der Waals surface area contributed by atoms with E-state index < -0.39 is 0 Å². The van der Waals surface area contributed by atoms with Gasteiger partial charge in [-0.1, -0.05) is 60.2 Å². The summed E-state index contributed by atoms with van der Waals surface area (Å²) in [6.45, 7) is 2.12. The maximum absolute atomic E-state index is 2.20. The van der Waals surface area contributed by atoms with Crippen LogP contribution in [-0.2, 0) is 0 Å². The first-order valence-corrected chi connectivity index (χ1v) is 6.92. The van der Waals surface area contributed by atoms with E-state index in [0.717, 1.165) is 0 Å². The smallest absolute Gasteiger partial charge is 0.0421 e. The van der Waals surface area contributed by atoms with Gasteiger partial charge in [0.1, 0.15) is 0 Å². The lowest BCUT2D eigenvalue weighted by atomic mass is 10.0. The highest BCUT2D eigenvalue weighted by atomic mass is 32.1. The highest BCUT2D eigenvalue weighted by Gasteiger charge is 2.08. The molecule has 0 aliphatic carbocycles. The van der Waals surface area contributed by atoms with Gasteiger partial charge in [-0.3, -0.25) is 0 Å². The summed E-state index contributed by atoms with van der Waals surface area (Å²) < 4.78 is 0. The monoisotopic (exact) mass is 250 g/mol. The van der Waals surface area contributed by atoms with E-state index in [9.17, 15) is 0 Å². The Hall–Kier alpha value is -1.86. The van der Waals surface area contributed by atoms with Crippen LogP contribution >= 0.6 is 11.3 Å². The van der Waals surface area contributed by atoms with Crippen LogP contribution in [0.4, 0.5) is 0 Å². The molecule has 0 bridgehead atoms. The lowest BCUT2D eigenvalue weighted by Crippen LogP contribution is -1.79. The molecule has 0 saturated heterocycles. The van der Waals surface area contributed by atoms with E-state index in [1.165, 1.54) is 27.1 Å². The zero-order chi connectivity index (χ0) is 12.4. The van der Waals surface area contributed by atoms with Crippen LogP contribution in [0.5, 0.6) is 0 Å². The van der Waals surface area contributed by atoms with Crippen molar-refractivity contribution in [3.8, 4) is 21.6 Å². The Morgan fingerprint density at radius 1 is 0.722 bits per heavy atom. The second kappa shape index (κ2) is 4.79. The molecule has 2 aromatic carbocycles. The molecule has 3 rings (SSSR count). The molecule has 1 heteroatoms. The molecule has 18 heavy (non-hydrogen) atoms. The molecule has 0 unspecified atom stereocenters. The fourth-order valence-electron chi connectivity index (χ4n) is 2.08. The first kappa shape index (κ1) is 11.2. The summed E-state index contributed by atoms with van der Waals surface area (Å²) in [6.07, 6.45) is 0. The molecule has 3 aromatic rings. The number of rotatable bonds is 2. The minimum Gasteiger partial charge on any atom is -0.143 e. The van der Waals surface area contributed by atoms with E-state index in [-0.39, 0.29) is 0 Å². The van der Waals surface area contributed by atoms with E-state index in [4.69, 9.17) is 0 Å². The Morgan fingerprint density at radius 2 is 1.44 bits per heavy atom. The molecule has 88 valence electrons. The summed E-state index contributed by atoms with van der Waals surface area (Å²) in [5.41, 5.74) is 5.21. The molecule has 0 N–H and O–H groups in total. The van der Waals surface area contributed by atoms with Crippen LogP contribution < -0.4 is 0 Å². The van der Waals surface area contributed by atoms with E-state index in [2.05, 4.69) is 73.0 Å². The van der Waals surface area contributed by atoms with Crippen LogP contribution in [0.15, 0.2) is 66.0 Å². The topological polar surface area (TPSA) is 0 Å². The van der Waals surface area contributed by atoms with Gasteiger partial charge in [-0.05, 0) is 29.5 Å². The zero-order valence-electron chi connectivity index (χ0n) is 10.3. The molecule has 0 amide bonds. The number of hydrogen-bond donors (Lipinski definition) is 0. The van der Waals surface area contributed by atoms with Gasteiger partial charge in [0.25, 0.3) is 0 Å². The van der Waals surface area contributed by atoms with Crippen molar-refractivity contribution in [2.24, 2.45) is 0 Å². The van der Waals surface area contributed by atoms with Crippen molar-refractivity contribution in [3.05, 3.63) is 71.6 Å². The van der Waals surface area contributed by atoms with Crippen molar-refractivity contribution in [2.45, 2.75) is 6.92 Å². The number of thiophene rings is 1. The van der Waals surface area contributed by atoms with Crippen LogP contribution in [0.25, 0.3) is 21.6 Å². The van der Waals surface area contributed by atoms with E-state index >= 15 is 0 Å². The van der Waals surface area contributed by atoms with Crippen molar-refractivity contribution in [2.75, 3.05) is 0 Å². The quantitative estimate of drug-likeness (QED) is 0.572. The van der Waals surface area contributed by atoms with E-state index in [0.29, 0.717) is 0 Å². The minimum atomic E-state index is 1.29. The summed E-state index contributed by atoms with van der Waals surface area (Å²) in [7, 11) is 0. The largest absolute Gasteiger partial charge is 0.143 e. The van der Waals surface area contributed by atoms with Crippen LogP contribution in [0.3, 0.4) is 0 Å². The first-order valence-electron chi connectivity index (χ1n) is 6.04. The standard InChI is InChI=1S/C17H14S/c1-13-7-9-15(10-8-13)17-16(11-12-18-17)14-5-3-2-4-6-14/h2-12H,1H3. The summed E-state index contributed by atoms with van der Waals surface area (Å²) in [6, 6.07) is 21.5. The summed E-state index contributed by atoms with van der Waals surface area (Å²) in [5, 5.41) is 2.16. The zero-order valence-corrected chi connectivity index (χ0v) is 11.1. The molecule has 1 heterocycles. The number of aryl methyl sites for hydroxylation is 1. The SMILES string of the molecule is Cc1ccc(-c2sccc2-c2ccccc2)cc1. The summed E-state index contributed by atoms with van der Waals surface area (Å²) in [4.78, 5) is 1.35. The second-order valence-corrected chi connectivity index (χ2v) is 5.31. The molecule has 0 radical (unpaired) electrons. The minimum absolute atomic E-state index is 1.29. The lowest BCUT2D eigenvalue weighted by Gasteiger charge is -2.04. The molecular weight excluding hydrogens is 236 g/mol. The normalized spacial score (nSPS) is 10.5. The Bertz CT molecular complexity index is 633. The van der Waals surface area contributed by atoms with Crippen molar-refractivity contribution in [1.82, 2.24) is 0 Å². The Morgan fingerprint density at radius 3 is 2.17 bits per heavy atom. The Kier molecular flexibility index (Phi) is 2.99. The van der Waals surface area contributed by atoms with E-state index in [1.54, 1.807) is 11.3 Å². The second-order valence-electron chi connectivity index (χ2n) is 4.40. The molecular formula is C17H14S. The summed E-state index contributed by atoms with van der Waals surface area (Å²) >= 11 is 1.80. The average molecular weight is 250 g/mol. The van der Waals surface area contributed by atoms with Gasteiger partial charge in [0.05, 0.1) is 0 Å². The first-order chi connectivity index (χ1) is 8.84. The van der Waals surface area contributed by atoms with Crippen molar-refractivity contribution in [3.63, 3.8) is 0 Å². The van der Waals surface area contributed by atoms with Crippen molar-refractivity contribution >= 4 is 11.3 Å². The highest BCUT2D eigenvalue weighted by Crippen LogP contribution is 2.36. The van der Waals surface area contributed by atoms with Crippen molar-refractivity contribution < 1.29 is 0 Å². The van der Waals surface area contributed by atoms with Gasteiger partial charge in [0.15, 0.2) is 0 Å². The Labute approximate surface area is 112 Å². The van der Waals surface area contributed by atoms with Gasteiger partial charge >= 0.3 is 0 Å². The third-order valence-electron chi connectivity index (χ3n) is 3.06. The fourth-order valence-corrected chi connectivity index (χ4v) is 3.01. The van der Waals surface area contributed by atoms with Crippen molar-refractivity contribution in [1.29, 1.82) is 0 Å². The third-order valence-corrected chi connectivity index (χ3v) is 4.03. The van der Waals surface area contributed by atoms with Gasteiger partial charge in [-0.2, -0.15) is 0 Å². The Balaban J connectivity index is 2.10. The molecule has 0 saturated carbocycles. The van der Waals surface area contributed by atoms with Gasteiger partial charge in [-0.15, -0.1) is 11.3 Å².